The van der Waals surface area contributed by atoms with Crippen molar-refractivity contribution in [2.45, 2.75) is 25.7 Å². The summed E-state index contributed by atoms with van der Waals surface area (Å²) < 4.78 is 0. The van der Waals surface area contributed by atoms with Gasteiger partial charge in [-0.1, -0.05) is 84.9 Å². The van der Waals surface area contributed by atoms with E-state index in [0.29, 0.717) is 0 Å². The Bertz CT molecular complexity index is 1350. The lowest BCUT2D eigenvalue weighted by Crippen LogP contribution is -2.03. The monoisotopic (exact) mass is 358 g/mol. The Morgan fingerprint density at radius 2 is 1.07 bits per heavy atom. The second kappa shape index (κ2) is 6.21. The predicted octanol–water partition coefficient (Wildman–Crippen LogP) is 7.69. The Balaban J connectivity index is 1.68. The molecule has 6 rings (SSSR count). The van der Waals surface area contributed by atoms with Gasteiger partial charge in [-0.25, -0.2) is 0 Å². The second-order valence-corrected chi connectivity index (χ2v) is 8.00. The molecule has 0 heterocycles. The summed E-state index contributed by atoms with van der Waals surface area (Å²) in [5, 5.41) is 8.20. The fourth-order valence-electron chi connectivity index (χ4n) is 5.12. The molecule has 0 atom stereocenters. The van der Waals surface area contributed by atoms with E-state index >= 15 is 0 Å². The summed E-state index contributed by atoms with van der Waals surface area (Å²) in [6.45, 7) is 0. The summed E-state index contributed by atoms with van der Waals surface area (Å²) in [6.07, 6.45) is 5.11. The van der Waals surface area contributed by atoms with Crippen molar-refractivity contribution in [2.24, 2.45) is 0 Å². The molecule has 0 aliphatic heterocycles. The quantitative estimate of drug-likeness (QED) is 0.269. The molecular formula is C28H22. The van der Waals surface area contributed by atoms with Gasteiger partial charge in [-0.05, 0) is 80.3 Å². The smallest absolute Gasteiger partial charge is 0.00987 e. The van der Waals surface area contributed by atoms with E-state index in [1.165, 1.54) is 69.1 Å². The van der Waals surface area contributed by atoms with Crippen LogP contribution in [0.4, 0.5) is 0 Å². The fourth-order valence-corrected chi connectivity index (χ4v) is 5.12. The van der Waals surface area contributed by atoms with Crippen LogP contribution in [-0.4, -0.2) is 0 Å². The molecular weight excluding hydrogens is 336 g/mol. The molecule has 0 N–H and O–H groups in total. The highest BCUT2D eigenvalue weighted by Crippen LogP contribution is 2.38. The molecule has 0 aromatic heterocycles. The summed E-state index contributed by atoms with van der Waals surface area (Å²) in [5.41, 5.74) is 5.79. The third-order valence-corrected chi connectivity index (χ3v) is 6.47. The van der Waals surface area contributed by atoms with Gasteiger partial charge in [0.15, 0.2) is 0 Å². The standard InChI is InChI=1S/C28H22/c1-3-10-21-19(7-1)9-5-12-23(21)24-13-6-14-25-27-16-15-20-8-2-4-11-22(20)26(27)17-18-28(24)25/h1,3,5-7,9-10,12-18H,2,4,8,11H2. The van der Waals surface area contributed by atoms with E-state index in [0.717, 1.165) is 0 Å². The Labute approximate surface area is 165 Å². The number of fused-ring (bicyclic) bond motifs is 6. The predicted molar refractivity (Wildman–Crippen MR) is 121 cm³/mol. The minimum Gasteiger partial charge on any atom is -0.0616 e. The van der Waals surface area contributed by atoms with Crippen molar-refractivity contribution in [3.63, 3.8) is 0 Å². The highest BCUT2D eigenvalue weighted by atomic mass is 14.2. The first-order chi connectivity index (χ1) is 13.9. The van der Waals surface area contributed by atoms with Crippen molar-refractivity contribution in [3.05, 3.63) is 96.1 Å². The highest BCUT2D eigenvalue weighted by molar-refractivity contribution is 6.15. The number of hydrogen-bond acceptors (Lipinski definition) is 0. The van der Waals surface area contributed by atoms with Crippen molar-refractivity contribution in [3.8, 4) is 11.1 Å². The molecule has 28 heavy (non-hydrogen) atoms. The first-order valence-corrected chi connectivity index (χ1v) is 10.3. The molecule has 0 amide bonds. The van der Waals surface area contributed by atoms with Crippen LogP contribution in [0.25, 0.3) is 43.4 Å². The van der Waals surface area contributed by atoms with Gasteiger partial charge in [0.2, 0.25) is 0 Å². The van der Waals surface area contributed by atoms with Gasteiger partial charge in [0.05, 0.1) is 0 Å². The SMILES string of the molecule is c1ccc2c(-c3cccc4c3ccc3c5c(ccc34)CCCC5)cccc2c1. The highest BCUT2D eigenvalue weighted by Gasteiger charge is 2.15. The van der Waals surface area contributed by atoms with Crippen LogP contribution in [-0.2, 0) is 12.8 Å². The van der Waals surface area contributed by atoms with Gasteiger partial charge in [0, 0.05) is 0 Å². The van der Waals surface area contributed by atoms with Crippen LogP contribution in [0.2, 0.25) is 0 Å². The third-order valence-electron chi connectivity index (χ3n) is 6.47. The van der Waals surface area contributed by atoms with Gasteiger partial charge in [0.25, 0.3) is 0 Å². The number of hydrogen-bond donors (Lipinski definition) is 0. The topological polar surface area (TPSA) is 0 Å². The lowest BCUT2D eigenvalue weighted by Gasteiger charge is -2.19. The molecule has 0 spiro atoms. The molecule has 5 aromatic rings. The minimum absolute atomic E-state index is 1.22. The molecule has 0 unspecified atom stereocenters. The molecule has 1 aliphatic carbocycles. The fraction of sp³-hybridized carbons (Fsp3) is 0.143. The Morgan fingerprint density at radius 1 is 0.429 bits per heavy atom. The van der Waals surface area contributed by atoms with Crippen LogP contribution in [0, 0.1) is 0 Å². The largest absolute Gasteiger partial charge is 0.0616 e. The molecule has 0 nitrogen and oxygen atoms in total. The molecule has 134 valence electrons. The molecule has 0 radical (unpaired) electrons. The van der Waals surface area contributed by atoms with E-state index in [9.17, 15) is 0 Å². The number of benzene rings is 5. The minimum atomic E-state index is 1.22. The summed E-state index contributed by atoms with van der Waals surface area (Å²) in [7, 11) is 0. The van der Waals surface area contributed by atoms with Crippen molar-refractivity contribution in [1.29, 1.82) is 0 Å². The van der Waals surface area contributed by atoms with Gasteiger partial charge < -0.3 is 0 Å². The molecule has 0 saturated carbocycles. The van der Waals surface area contributed by atoms with Crippen LogP contribution in [0.15, 0.2) is 84.9 Å². The number of aryl methyl sites for hydroxylation is 2. The van der Waals surface area contributed by atoms with Gasteiger partial charge >= 0.3 is 0 Å². The van der Waals surface area contributed by atoms with Gasteiger partial charge in [0.1, 0.15) is 0 Å². The summed E-state index contributed by atoms with van der Waals surface area (Å²) in [6, 6.07) is 31.6. The first-order valence-electron chi connectivity index (χ1n) is 10.3. The average Bonchev–Trinajstić information content (AvgIpc) is 2.78. The lowest BCUT2D eigenvalue weighted by molar-refractivity contribution is 0.690. The molecule has 0 saturated heterocycles. The molecule has 0 bridgehead atoms. The van der Waals surface area contributed by atoms with Crippen LogP contribution < -0.4 is 0 Å². The van der Waals surface area contributed by atoms with Gasteiger partial charge in [-0.2, -0.15) is 0 Å². The molecule has 5 aromatic carbocycles. The van der Waals surface area contributed by atoms with E-state index in [2.05, 4.69) is 84.9 Å². The van der Waals surface area contributed by atoms with Crippen LogP contribution in [0.5, 0.6) is 0 Å². The molecule has 0 heteroatoms. The summed E-state index contributed by atoms with van der Waals surface area (Å²) >= 11 is 0. The summed E-state index contributed by atoms with van der Waals surface area (Å²) in [5.74, 6) is 0. The molecule has 0 fully saturated rings. The van der Waals surface area contributed by atoms with E-state index in [1.54, 1.807) is 11.1 Å². The van der Waals surface area contributed by atoms with Crippen molar-refractivity contribution < 1.29 is 0 Å². The average molecular weight is 358 g/mol. The first kappa shape index (κ1) is 15.9. The second-order valence-electron chi connectivity index (χ2n) is 8.00. The summed E-state index contributed by atoms with van der Waals surface area (Å²) in [4.78, 5) is 0. The zero-order chi connectivity index (χ0) is 18.5. The molecule has 1 aliphatic rings. The Hall–Kier alpha value is -3.12. The zero-order valence-electron chi connectivity index (χ0n) is 15.9. The van der Waals surface area contributed by atoms with Crippen LogP contribution in [0.1, 0.15) is 24.0 Å². The maximum Gasteiger partial charge on any atom is -0.00987 e. The zero-order valence-corrected chi connectivity index (χ0v) is 15.9. The van der Waals surface area contributed by atoms with Crippen molar-refractivity contribution in [1.82, 2.24) is 0 Å². The van der Waals surface area contributed by atoms with Crippen molar-refractivity contribution >= 4 is 32.3 Å². The van der Waals surface area contributed by atoms with Gasteiger partial charge in [-0.3, -0.25) is 0 Å². The van der Waals surface area contributed by atoms with E-state index in [-0.39, 0.29) is 0 Å². The normalized spacial score (nSPS) is 13.9. The van der Waals surface area contributed by atoms with E-state index < -0.39 is 0 Å². The van der Waals surface area contributed by atoms with Gasteiger partial charge in [-0.15, -0.1) is 0 Å². The number of rotatable bonds is 1. The van der Waals surface area contributed by atoms with Crippen LogP contribution in [0.3, 0.4) is 0 Å². The van der Waals surface area contributed by atoms with Crippen molar-refractivity contribution in [2.75, 3.05) is 0 Å². The maximum absolute atomic E-state index is 2.38. The Morgan fingerprint density at radius 3 is 2.04 bits per heavy atom. The van der Waals surface area contributed by atoms with E-state index in [4.69, 9.17) is 0 Å². The third kappa shape index (κ3) is 2.31. The lowest BCUT2D eigenvalue weighted by atomic mass is 9.85. The Kier molecular flexibility index (Phi) is 3.52. The van der Waals surface area contributed by atoms with E-state index in [1.807, 2.05) is 0 Å². The maximum atomic E-state index is 2.38. The van der Waals surface area contributed by atoms with Crippen LogP contribution >= 0.6 is 0 Å².